The number of hydrogen-bond acceptors (Lipinski definition) is 3. The SMILES string of the molecule is CC(C)=C(Oc1ccc(C[N+](C)(C)CC(=O)[O-])cc1)C(F)(F)F. The van der Waals surface area contributed by atoms with E-state index in [1.54, 1.807) is 26.2 Å². The number of carboxylic acid groups (broad SMARTS) is 1. The summed E-state index contributed by atoms with van der Waals surface area (Å²) in [6.45, 7) is 2.91. The normalized spacial score (nSPS) is 12.0. The van der Waals surface area contributed by atoms with Crippen LogP contribution in [0.3, 0.4) is 0 Å². The highest BCUT2D eigenvalue weighted by molar-refractivity contribution is 5.65. The van der Waals surface area contributed by atoms with Gasteiger partial charge >= 0.3 is 6.18 Å². The minimum absolute atomic E-state index is 0.0355. The molecule has 0 N–H and O–H groups in total. The zero-order valence-corrected chi connectivity index (χ0v) is 13.5. The first-order valence-electron chi connectivity index (χ1n) is 6.94. The molecule has 0 aromatic heterocycles. The van der Waals surface area contributed by atoms with Gasteiger partial charge in [-0.05, 0) is 43.7 Å². The number of carbonyl (C=O) groups is 1. The van der Waals surface area contributed by atoms with Crippen LogP contribution in [0.2, 0.25) is 0 Å². The summed E-state index contributed by atoms with van der Waals surface area (Å²) in [6.07, 6.45) is -4.55. The van der Waals surface area contributed by atoms with Crippen LogP contribution in [0.1, 0.15) is 19.4 Å². The molecule has 0 unspecified atom stereocenters. The van der Waals surface area contributed by atoms with E-state index in [-0.39, 0.29) is 22.4 Å². The van der Waals surface area contributed by atoms with Gasteiger partial charge in [-0.1, -0.05) is 0 Å². The standard InChI is InChI=1S/C16H20F3NO3/c1-11(2)15(16(17,18)19)23-13-7-5-12(6-8-13)9-20(3,4)10-14(21)22/h5-8H,9-10H2,1-4H3. The Bertz CT molecular complexity index is 586. The smallest absolute Gasteiger partial charge is 0.449 e. The number of benzene rings is 1. The Balaban J connectivity index is 2.85. The van der Waals surface area contributed by atoms with Crippen LogP contribution >= 0.6 is 0 Å². The Hall–Kier alpha value is -2.02. The monoisotopic (exact) mass is 331 g/mol. The van der Waals surface area contributed by atoms with Crippen LogP contribution in [0.5, 0.6) is 5.75 Å². The lowest BCUT2D eigenvalue weighted by atomic mass is 10.2. The Morgan fingerprint density at radius 2 is 1.70 bits per heavy atom. The number of halogens is 3. The van der Waals surface area contributed by atoms with Crippen molar-refractivity contribution < 1.29 is 32.3 Å². The first-order valence-corrected chi connectivity index (χ1v) is 6.94. The molecule has 0 saturated heterocycles. The third-order valence-electron chi connectivity index (χ3n) is 3.02. The van der Waals surface area contributed by atoms with E-state index in [4.69, 9.17) is 4.74 Å². The zero-order chi connectivity index (χ0) is 17.8. The Labute approximate surface area is 133 Å². The third-order valence-corrected chi connectivity index (χ3v) is 3.02. The number of carbonyl (C=O) groups excluding carboxylic acids is 1. The van der Waals surface area contributed by atoms with Crippen molar-refractivity contribution in [1.29, 1.82) is 0 Å². The largest absolute Gasteiger partial charge is 0.544 e. The molecule has 0 bridgehead atoms. The first-order chi connectivity index (χ1) is 10.4. The maximum absolute atomic E-state index is 12.8. The van der Waals surface area contributed by atoms with Crippen molar-refractivity contribution in [2.75, 3.05) is 20.6 Å². The van der Waals surface area contributed by atoms with Crippen molar-refractivity contribution in [2.45, 2.75) is 26.6 Å². The van der Waals surface area contributed by atoms with Crippen LogP contribution in [0.15, 0.2) is 35.6 Å². The van der Waals surface area contributed by atoms with Crippen LogP contribution < -0.4 is 9.84 Å². The van der Waals surface area contributed by atoms with Crippen molar-refractivity contribution in [3.8, 4) is 5.75 Å². The van der Waals surface area contributed by atoms with Crippen LogP contribution in [0.25, 0.3) is 0 Å². The number of allylic oxidation sites excluding steroid dienone is 2. The predicted octanol–water partition coefficient (Wildman–Crippen LogP) is 2.25. The van der Waals surface area contributed by atoms with Gasteiger partial charge in [0, 0.05) is 5.56 Å². The minimum Gasteiger partial charge on any atom is -0.544 e. The van der Waals surface area contributed by atoms with Gasteiger partial charge in [0.15, 0.2) is 0 Å². The molecular weight excluding hydrogens is 311 g/mol. The van der Waals surface area contributed by atoms with Gasteiger partial charge in [-0.25, -0.2) is 0 Å². The summed E-state index contributed by atoms with van der Waals surface area (Å²) >= 11 is 0. The number of alkyl halides is 3. The van der Waals surface area contributed by atoms with Crippen molar-refractivity contribution in [3.05, 3.63) is 41.2 Å². The van der Waals surface area contributed by atoms with Crippen molar-refractivity contribution in [2.24, 2.45) is 0 Å². The fourth-order valence-corrected chi connectivity index (χ4v) is 2.12. The highest BCUT2D eigenvalue weighted by Crippen LogP contribution is 2.30. The molecule has 0 saturated carbocycles. The van der Waals surface area contributed by atoms with E-state index in [0.717, 1.165) is 5.56 Å². The molecule has 0 aliphatic carbocycles. The number of rotatable bonds is 6. The molecule has 1 aromatic carbocycles. The summed E-state index contributed by atoms with van der Waals surface area (Å²) in [4.78, 5) is 10.7. The molecule has 0 aliphatic rings. The van der Waals surface area contributed by atoms with E-state index in [0.29, 0.717) is 6.54 Å². The van der Waals surface area contributed by atoms with Gasteiger partial charge in [0.05, 0.1) is 20.1 Å². The molecule has 0 atom stereocenters. The average Bonchev–Trinajstić information content (AvgIpc) is 2.33. The van der Waals surface area contributed by atoms with E-state index < -0.39 is 17.9 Å². The number of likely N-dealkylation sites (N-methyl/N-ethyl adjacent to an activating group) is 1. The number of ether oxygens (including phenoxy) is 1. The molecule has 0 spiro atoms. The minimum atomic E-state index is -4.55. The van der Waals surface area contributed by atoms with Gasteiger partial charge in [-0.15, -0.1) is 0 Å². The molecular formula is C16H20F3NO3. The molecule has 23 heavy (non-hydrogen) atoms. The average molecular weight is 331 g/mol. The number of quaternary nitrogens is 1. The first kappa shape index (κ1) is 19.0. The molecule has 128 valence electrons. The van der Waals surface area contributed by atoms with E-state index >= 15 is 0 Å². The Morgan fingerprint density at radius 1 is 1.17 bits per heavy atom. The Morgan fingerprint density at radius 3 is 2.09 bits per heavy atom. The topological polar surface area (TPSA) is 49.4 Å². The molecule has 0 fully saturated rings. The molecule has 0 amide bonds. The zero-order valence-electron chi connectivity index (χ0n) is 13.5. The molecule has 0 heterocycles. The van der Waals surface area contributed by atoms with Gasteiger partial charge in [-0.3, -0.25) is 0 Å². The van der Waals surface area contributed by atoms with Gasteiger partial charge < -0.3 is 19.1 Å². The second kappa shape index (κ2) is 7.04. The van der Waals surface area contributed by atoms with E-state index in [9.17, 15) is 23.1 Å². The molecule has 0 radical (unpaired) electrons. The Kier molecular flexibility index (Phi) is 5.82. The van der Waals surface area contributed by atoms with Crippen molar-refractivity contribution in [1.82, 2.24) is 0 Å². The third kappa shape index (κ3) is 6.32. The quantitative estimate of drug-likeness (QED) is 0.593. The highest BCUT2D eigenvalue weighted by atomic mass is 19.4. The van der Waals surface area contributed by atoms with E-state index in [2.05, 4.69) is 0 Å². The lowest BCUT2D eigenvalue weighted by Gasteiger charge is -2.30. The molecule has 0 aliphatic heterocycles. The summed E-state index contributed by atoms with van der Waals surface area (Å²) in [7, 11) is 3.45. The van der Waals surface area contributed by atoms with Crippen LogP contribution in [-0.4, -0.2) is 37.3 Å². The van der Waals surface area contributed by atoms with Crippen LogP contribution in [0, 0.1) is 0 Å². The van der Waals surface area contributed by atoms with Crippen LogP contribution in [0.4, 0.5) is 13.2 Å². The lowest BCUT2D eigenvalue weighted by Crippen LogP contribution is -2.47. The summed E-state index contributed by atoms with van der Waals surface area (Å²) in [5.41, 5.74) is 0.822. The summed E-state index contributed by atoms with van der Waals surface area (Å²) in [5.74, 6) is -2.11. The summed E-state index contributed by atoms with van der Waals surface area (Å²) in [6, 6.07) is 6.10. The maximum Gasteiger partial charge on any atom is 0.449 e. The number of aliphatic carboxylic acids is 1. The fourth-order valence-electron chi connectivity index (χ4n) is 2.12. The molecule has 4 nitrogen and oxygen atoms in total. The highest BCUT2D eigenvalue weighted by Gasteiger charge is 2.37. The summed E-state index contributed by atoms with van der Waals surface area (Å²) < 4.78 is 43.6. The summed E-state index contributed by atoms with van der Waals surface area (Å²) in [5, 5.41) is 10.7. The van der Waals surface area contributed by atoms with Gasteiger partial charge in [0.25, 0.3) is 0 Å². The predicted molar refractivity (Wildman–Crippen MR) is 77.2 cm³/mol. The molecule has 7 heteroatoms. The van der Waals surface area contributed by atoms with Gasteiger partial charge in [0.1, 0.15) is 18.8 Å². The second-order valence-electron chi connectivity index (χ2n) is 6.20. The fraction of sp³-hybridized carbons (Fsp3) is 0.438. The maximum atomic E-state index is 12.8. The number of hydrogen-bond donors (Lipinski definition) is 0. The lowest BCUT2D eigenvalue weighted by molar-refractivity contribution is -0.898. The van der Waals surface area contributed by atoms with Gasteiger partial charge in [0.2, 0.25) is 5.76 Å². The van der Waals surface area contributed by atoms with Crippen molar-refractivity contribution in [3.63, 3.8) is 0 Å². The number of nitrogens with zero attached hydrogens (tertiary/aromatic N) is 1. The van der Waals surface area contributed by atoms with E-state index in [1.165, 1.54) is 26.0 Å². The van der Waals surface area contributed by atoms with Crippen LogP contribution in [-0.2, 0) is 11.3 Å². The van der Waals surface area contributed by atoms with E-state index in [1.807, 2.05) is 0 Å². The second-order valence-corrected chi connectivity index (χ2v) is 6.20. The molecule has 1 aromatic rings. The van der Waals surface area contributed by atoms with Gasteiger partial charge in [-0.2, -0.15) is 13.2 Å². The molecule has 1 rings (SSSR count). The van der Waals surface area contributed by atoms with Crippen molar-refractivity contribution >= 4 is 5.97 Å². The number of carboxylic acids is 1.